The summed E-state index contributed by atoms with van der Waals surface area (Å²) in [6, 6.07) is -0.362. The van der Waals surface area contributed by atoms with E-state index in [1.807, 2.05) is 0 Å². The third kappa shape index (κ3) is 1.98. The molecule has 3 fully saturated rings. The lowest BCUT2D eigenvalue weighted by molar-refractivity contribution is -0.146. The van der Waals surface area contributed by atoms with E-state index in [2.05, 4.69) is 11.9 Å². The molecule has 0 spiro atoms. The normalized spacial score (nSPS) is 36.6. The molecule has 0 aromatic carbocycles. The van der Waals surface area contributed by atoms with Crippen LogP contribution in [-0.2, 0) is 28.6 Å². The molecule has 3 heterocycles. The minimum Gasteiger partial charge on any atom is -0.457 e. The van der Waals surface area contributed by atoms with Gasteiger partial charge in [0.25, 0.3) is 5.91 Å². The molecule has 5 atom stereocenters. The van der Waals surface area contributed by atoms with Gasteiger partial charge in [0.2, 0.25) is 0 Å². The average molecular weight is 281 g/mol. The maximum Gasteiger partial charge on any atom is 0.333 e. The zero-order valence-electron chi connectivity index (χ0n) is 11.0. The van der Waals surface area contributed by atoms with Crippen LogP contribution in [0.2, 0.25) is 0 Å². The average Bonchev–Trinajstić information content (AvgIpc) is 3.00. The summed E-state index contributed by atoms with van der Waals surface area (Å²) in [5, 5.41) is 2.70. The summed E-state index contributed by atoms with van der Waals surface area (Å²) in [5.74, 6) is -1.51. The van der Waals surface area contributed by atoms with Crippen LogP contribution in [0, 0.1) is 5.92 Å². The van der Waals surface area contributed by atoms with Crippen LogP contribution in [0.1, 0.15) is 13.3 Å². The Kier molecular flexibility index (Phi) is 3.01. The fourth-order valence-electron chi connectivity index (χ4n) is 2.94. The van der Waals surface area contributed by atoms with Crippen LogP contribution in [0.3, 0.4) is 0 Å². The number of rotatable bonds is 4. The summed E-state index contributed by atoms with van der Waals surface area (Å²) in [4.78, 5) is 34.5. The van der Waals surface area contributed by atoms with Crippen molar-refractivity contribution in [3.63, 3.8) is 0 Å². The topological polar surface area (TPSA) is 90.9 Å². The van der Waals surface area contributed by atoms with Gasteiger partial charge >= 0.3 is 11.9 Å². The predicted molar refractivity (Wildman–Crippen MR) is 64.4 cm³/mol. The number of ether oxygens (including phenoxy) is 3. The Bertz CT molecular complexity index is 501. The summed E-state index contributed by atoms with van der Waals surface area (Å²) in [5.41, 5.74) is 0.230. The van der Waals surface area contributed by atoms with Crippen LogP contribution >= 0.6 is 0 Å². The van der Waals surface area contributed by atoms with Crippen molar-refractivity contribution in [3.05, 3.63) is 12.2 Å². The highest BCUT2D eigenvalue weighted by atomic mass is 16.6. The number of hydrogen-bond donors (Lipinski definition) is 1. The number of fused-ring (bicyclic) bond motifs is 1. The van der Waals surface area contributed by atoms with Crippen molar-refractivity contribution in [2.24, 2.45) is 5.92 Å². The number of carbonyl (C=O) groups is 3. The number of amides is 1. The smallest absolute Gasteiger partial charge is 0.333 e. The van der Waals surface area contributed by atoms with E-state index in [-0.39, 0.29) is 42.3 Å². The molecule has 2 bridgehead atoms. The minimum atomic E-state index is -0.614. The molecular formula is C13H15NO6. The fraction of sp³-hybridized carbons (Fsp3) is 0.615. The number of esters is 2. The monoisotopic (exact) mass is 281 g/mol. The van der Waals surface area contributed by atoms with Crippen molar-refractivity contribution < 1.29 is 28.6 Å². The van der Waals surface area contributed by atoms with Gasteiger partial charge in [0.1, 0.15) is 6.10 Å². The van der Waals surface area contributed by atoms with Crippen molar-refractivity contribution in [2.75, 3.05) is 6.61 Å². The van der Waals surface area contributed by atoms with Crippen LogP contribution in [-0.4, -0.2) is 48.8 Å². The maximum absolute atomic E-state index is 11.7. The van der Waals surface area contributed by atoms with E-state index in [1.54, 1.807) is 0 Å². The highest BCUT2D eigenvalue weighted by molar-refractivity contribution is 5.89. The third-order valence-electron chi connectivity index (χ3n) is 3.86. The van der Waals surface area contributed by atoms with Gasteiger partial charge in [-0.25, -0.2) is 4.79 Å². The summed E-state index contributed by atoms with van der Waals surface area (Å²) in [7, 11) is 0. The standard InChI is InChI=1S/C13H15NO6/c1-5(2)12(16)18-4-8(15)14-9-7-3-6-10(19-7)11(9)20-13(6)17/h6-7,9-11H,1,3-4H2,2H3,(H,14,15). The van der Waals surface area contributed by atoms with Crippen molar-refractivity contribution in [1.29, 1.82) is 0 Å². The minimum absolute atomic E-state index is 0.195. The molecular weight excluding hydrogens is 266 g/mol. The van der Waals surface area contributed by atoms with Gasteiger partial charge in [-0.05, 0) is 13.3 Å². The molecule has 1 amide bonds. The highest BCUT2D eigenvalue weighted by Crippen LogP contribution is 2.46. The first-order valence-corrected chi connectivity index (χ1v) is 6.45. The Balaban J connectivity index is 1.54. The van der Waals surface area contributed by atoms with Crippen molar-refractivity contribution in [3.8, 4) is 0 Å². The Morgan fingerprint density at radius 1 is 1.45 bits per heavy atom. The fourth-order valence-corrected chi connectivity index (χ4v) is 2.94. The van der Waals surface area contributed by atoms with E-state index < -0.39 is 18.0 Å². The van der Waals surface area contributed by atoms with E-state index in [0.29, 0.717) is 6.42 Å². The predicted octanol–water partition coefficient (Wildman–Crippen LogP) is -0.697. The lowest BCUT2D eigenvalue weighted by Gasteiger charge is -2.23. The first-order chi connectivity index (χ1) is 9.47. The summed E-state index contributed by atoms with van der Waals surface area (Å²) < 4.78 is 15.6. The molecule has 0 aliphatic carbocycles. The molecule has 5 unspecified atom stereocenters. The quantitative estimate of drug-likeness (QED) is 0.541. The van der Waals surface area contributed by atoms with Gasteiger partial charge in [0, 0.05) is 5.57 Å². The molecule has 7 heteroatoms. The summed E-state index contributed by atoms with van der Waals surface area (Å²) in [6.45, 7) is 4.54. The zero-order valence-corrected chi connectivity index (χ0v) is 11.0. The second-order valence-corrected chi connectivity index (χ2v) is 5.33. The number of nitrogens with one attached hydrogen (secondary N) is 1. The van der Waals surface area contributed by atoms with Crippen LogP contribution in [0.4, 0.5) is 0 Å². The Hall–Kier alpha value is -1.89. The van der Waals surface area contributed by atoms with Gasteiger partial charge in [-0.15, -0.1) is 0 Å². The Labute approximate surface area is 115 Å². The molecule has 0 aromatic heterocycles. The Morgan fingerprint density at radius 3 is 2.90 bits per heavy atom. The maximum atomic E-state index is 11.7. The molecule has 7 nitrogen and oxygen atoms in total. The lowest BCUT2D eigenvalue weighted by atomic mass is 9.86. The lowest BCUT2D eigenvalue weighted by Crippen LogP contribution is -2.50. The van der Waals surface area contributed by atoms with Gasteiger partial charge in [-0.2, -0.15) is 0 Å². The Morgan fingerprint density at radius 2 is 2.20 bits per heavy atom. The van der Waals surface area contributed by atoms with Crippen LogP contribution in [0.5, 0.6) is 0 Å². The first-order valence-electron chi connectivity index (χ1n) is 6.45. The molecule has 0 saturated carbocycles. The van der Waals surface area contributed by atoms with Crippen molar-refractivity contribution >= 4 is 17.8 Å². The van der Waals surface area contributed by atoms with E-state index in [1.165, 1.54) is 6.92 Å². The number of hydrogen-bond acceptors (Lipinski definition) is 6. The zero-order chi connectivity index (χ0) is 14.4. The molecule has 3 saturated heterocycles. The first kappa shape index (κ1) is 13.1. The number of carbonyl (C=O) groups excluding carboxylic acids is 3. The molecule has 3 aliphatic rings. The molecule has 108 valence electrons. The summed E-state index contributed by atoms with van der Waals surface area (Å²) >= 11 is 0. The third-order valence-corrected chi connectivity index (χ3v) is 3.86. The molecule has 1 N–H and O–H groups in total. The van der Waals surface area contributed by atoms with Crippen molar-refractivity contribution in [2.45, 2.75) is 37.7 Å². The molecule has 0 radical (unpaired) electrons. The largest absolute Gasteiger partial charge is 0.457 e. The van der Waals surface area contributed by atoms with Gasteiger partial charge in [0.05, 0.1) is 18.1 Å². The van der Waals surface area contributed by atoms with Crippen LogP contribution in [0.25, 0.3) is 0 Å². The van der Waals surface area contributed by atoms with Gasteiger partial charge in [-0.3, -0.25) is 9.59 Å². The summed E-state index contributed by atoms with van der Waals surface area (Å²) in [6.07, 6.45) is -0.318. The van der Waals surface area contributed by atoms with Gasteiger partial charge in [-0.1, -0.05) is 6.58 Å². The van der Waals surface area contributed by atoms with Gasteiger partial charge in [0.15, 0.2) is 12.7 Å². The van der Waals surface area contributed by atoms with Crippen molar-refractivity contribution in [1.82, 2.24) is 5.32 Å². The SMILES string of the molecule is C=C(C)C(=O)OCC(=O)NC1C2CC3C(=O)OC1C3O2. The molecule has 3 rings (SSSR count). The molecule has 3 aliphatic heterocycles. The van der Waals surface area contributed by atoms with Crippen LogP contribution < -0.4 is 5.32 Å². The second-order valence-electron chi connectivity index (χ2n) is 5.33. The second kappa shape index (κ2) is 4.59. The molecule has 0 aromatic rings. The van der Waals surface area contributed by atoms with E-state index in [0.717, 1.165) is 0 Å². The molecule has 20 heavy (non-hydrogen) atoms. The van der Waals surface area contributed by atoms with Crippen LogP contribution in [0.15, 0.2) is 12.2 Å². The van der Waals surface area contributed by atoms with E-state index in [9.17, 15) is 14.4 Å². The van der Waals surface area contributed by atoms with Gasteiger partial charge < -0.3 is 19.5 Å². The van der Waals surface area contributed by atoms with E-state index in [4.69, 9.17) is 14.2 Å². The highest BCUT2D eigenvalue weighted by Gasteiger charge is 2.63. The van der Waals surface area contributed by atoms with E-state index >= 15 is 0 Å².